The lowest BCUT2D eigenvalue weighted by Gasteiger charge is -2.35. The van der Waals surface area contributed by atoms with Gasteiger partial charge in [-0.05, 0) is 42.2 Å². The molecule has 2 atom stereocenters. The summed E-state index contributed by atoms with van der Waals surface area (Å²) in [5, 5.41) is 3.03. The molecule has 2 aliphatic heterocycles. The first-order chi connectivity index (χ1) is 15.5. The van der Waals surface area contributed by atoms with Crippen LogP contribution in [0.1, 0.15) is 30.5 Å². The summed E-state index contributed by atoms with van der Waals surface area (Å²) in [5.74, 6) is 0.114. The van der Waals surface area contributed by atoms with Crippen LogP contribution in [-0.2, 0) is 16.0 Å². The predicted molar refractivity (Wildman–Crippen MR) is 129 cm³/mol. The van der Waals surface area contributed by atoms with Crippen molar-refractivity contribution in [3.63, 3.8) is 0 Å². The highest BCUT2D eigenvalue weighted by Crippen LogP contribution is 2.25. The number of para-hydroxylation sites is 1. The minimum atomic E-state index is -0.232. The van der Waals surface area contributed by atoms with E-state index in [4.69, 9.17) is 0 Å². The summed E-state index contributed by atoms with van der Waals surface area (Å²) in [7, 11) is 0. The van der Waals surface area contributed by atoms with Gasteiger partial charge in [0.05, 0.1) is 6.54 Å². The Labute approximate surface area is 197 Å². The number of nitrogens with one attached hydrogen (secondary N) is 3. The summed E-state index contributed by atoms with van der Waals surface area (Å²) in [6.07, 6.45) is 1.60. The number of nitrogens with zero attached hydrogens (tertiary/aromatic N) is 2. The number of piperazine rings is 1. The van der Waals surface area contributed by atoms with Gasteiger partial charge < -0.3 is 10.2 Å². The molecular formula is C24H30BrN5O2. The zero-order chi connectivity index (χ0) is 22.5. The molecule has 7 nitrogen and oxygen atoms in total. The number of hydrogen-bond acceptors (Lipinski definition) is 5. The van der Waals surface area contributed by atoms with E-state index in [1.54, 1.807) is 0 Å². The van der Waals surface area contributed by atoms with Crippen LogP contribution in [0.5, 0.6) is 0 Å². The molecule has 170 valence electrons. The Hall–Kier alpha value is -2.26. The van der Waals surface area contributed by atoms with Gasteiger partial charge in [0.25, 0.3) is 0 Å². The molecule has 0 radical (unpaired) electrons. The van der Waals surface area contributed by atoms with Gasteiger partial charge in [-0.25, -0.2) is 10.9 Å². The van der Waals surface area contributed by atoms with Gasteiger partial charge in [0.1, 0.15) is 6.04 Å². The predicted octanol–water partition coefficient (Wildman–Crippen LogP) is 2.70. The average molecular weight is 500 g/mol. The smallest absolute Gasteiger partial charge is 0.241 e. The van der Waals surface area contributed by atoms with Crippen molar-refractivity contribution in [2.45, 2.75) is 31.8 Å². The van der Waals surface area contributed by atoms with E-state index in [0.717, 1.165) is 34.1 Å². The number of carbonyl (C=O) groups excluding carboxylic acids is 2. The standard InChI is InChI=1S/C24H30BrN5O2/c1-2-17-5-3-4-6-20(17)26-23(31)16-29-11-13-30(14-12-29)24(32)22-15-21(27-28-22)18-7-9-19(25)10-8-18/h3-10,21-22,27-28H,2,11-16H2,1H3,(H,26,31). The highest BCUT2D eigenvalue weighted by molar-refractivity contribution is 9.10. The SMILES string of the molecule is CCc1ccccc1NC(=O)CN1CCN(C(=O)C2CC(c3ccc(Br)cc3)NN2)CC1. The zero-order valence-corrected chi connectivity index (χ0v) is 19.9. The van der Waals surface area contributed by atoms with Gasteiger partial charge in [-0.1, -0.05) is 53.2 Å². The van der Waals surface area contributed by atoms with Crippen LogP contribution in [0.2, 0.25) is 0 Å². The van der Waals surface area contributed by atoms with Crippen molar-refractivity contribution in [2.24, 2.45) is 0 Å². The zero-order valence-electron chi connectivity index (χ0n) is 18.3. The van der Waals surface area contributed by atoms with Gasteiger partial charge in [0, 0.05) is 42.4 Å². The summed E-state index contributed by atoms with van der Waals surface area (Å²) in [5.41, 5.74) is 9.60. The summed E-state index contributed by atoms with van der Waals surface area (Å²) >= 11 is 3.46. The molecule has 2 heterocycles. The molecule has 32 heavy (non-hydrogen) atoms. The number of aryl methyl sites for hydroxylation is 1. The van der Waals surface area contributed by atoms with E-state index in [1.165, 1.54) is 0 Å². The molecule has 4 rings (SSSR count). The molecule has 2 unspecified atom stereocenters. The van der Waals surface area contributed by atoms with E-state index in [-0.39, 0.29) is 23.9 Å². The Morgan fingerprint density at radius 1 is 1.03 bits per heavy atom. The highest BCUT2D eigenvalue weighted by atomic mass is 79.9. The second kappa shape index (κ2) is 10.6. The van der Waals surface area contributed by atoms with Gasteiger partial charge in [-0.15, -0.1) is 0 Å². The first kappa shape index (κ1) is 22.9. The van der Waals surface area contributed by atoms with Crippen LogP contribution in [0, 0.1) is 0 Å². The normalized spacial score (nSPS) is 21.5. The molecule has 0 bridgehead atoms. The lowest BCUT2D eigenvalue weighted by Crippen LogP contribution is -2.54. The topological polar surface area (TPSA) is 76.7 Å². The van der Waals surface area contributed by atoms with Gasteiger partial charge in [0.15, 0.2) is 0 Å². The van der Waals surface area contributed by atoms with Crippen molar-refractivity contribution in [1.82, 2.24) is 20.7 Å². The Balaban J connectivity index is 1.23. The fourth-order valence-electron chi connectivity index (χ4n) is 4.32. The molecule has 2 aromatic carbocycles. The van der Waals surface area contributed by atoms with E-state index in [9.17, 15) is 9.59 Å². The molecule has 0 aromatic heterocycles. The fraction of sp³-hybridized carbons (Fsp3) is 0.417. The molecular weight excluding hydrogens is 470 g/mol. The van der Waals surface area contributed by atoms with Crippen molar-refractivity contribution in [2.75, 3.05) is 38.0 Å². The minimum Gasteiger partial charge on any atom is -0.339 e. The third-order valence-corrected chi connectivity index (χ3v) is 6.73. The van der Waals surface area contributed by atoms with Gasteiger partial charge in [-0.2, -0.15) is 0 Å². The maximum Gasteiger partial charge on any atom is 0.241 e. The Kier molecular flexibility index (Phi) is 7.57. The summed E-state index contributed by atoms with van der Waals surface area (Å²) in [6, 6.07) is 16.0. The number of hydrogen-bond donors (Lipinski definition) is 3. The third kappa shape index (κ3) is 5.56. The van der Waals surface area contributed by atoms with Gasteiger partial charge in [-0.3, -0.25) is 14.5 Å². The lowest BCUT2D eigenvalue weighted by atomic mass is 10.0. The Bertz CT molecular complexity index is 944. The summed E-state index contributed by atoms with van der Waals surface area (Å²) < 4.78 is 1.04. The second-order valence-electron chi connectivity index (χ2n) is 8.34. The molecule has 0 saturated carbocycles. The third-order valence-electron chi connectivity index (χ3n) is 6.20. The largest absolute Gasteiger partial charge is 0.339 e. The average Bonchev–Trinajstić information content (AvgIpc) is 3.30. The molecule has 2 aromatic rings. The first-order valence-corrected chi connectivity index (χ1v) is 12.0. The number of carbonyl (C=O) groups is 2. The number of benzene rings is 2. The van der Waals surface area contributed by atoms with E-state index in [1.807, 2.05) is 41.3 Å². The quantitative estimate of drug-likeness (QED) is 0.569. The molecule has 3 N–H and O–H groups in total. The van der Waals surface area contributed by atoms with E-state index in [0.29, 0.717) is 32.7 Å². The van der Waals surface area contributed by atoms with Crippen molar-refractivity contribution in [3.05, 3.63) is 64.1 Å². The Morgan fingerprint density at radius 3 is 2.47 bits per heavy atom. The number of halogens is 1. The van der Waals surface area contributed by atoms with E-state index in [2.05, 4.69) is 56.1 Å². The van der Waals surface area contributed by atoms with Crippen LogP contribution in [0.4, 0.5) is 5.69 Å². The molecule has 0 aliphatic carbocycles. The second-order valence-corrected chi connectivity index (χ2v) is 9.26. The molecule has 2 amide bonds. The van der Waals surface area contributed by atoms with E-state index < -0.39 is 0 Å². The summed E-state index contributed by atoms with van der Waals surface area (Å²) in [4.78, 5) is 29.5. The maximum atomic E-state index is 13.0. The van der Waals surface area contributed by atoms with Crippen LogP contribution >= 0.6 is 15.9 Å². The first-order valence-electron chi connectivity index (χ1n) is 11.2. The van der Waals surface area contributed by atoms with Crippen molar-refractivity contribution < 1.29 is 9.59 Å². The number of hydrazine groups is 1. The number of anilines is 1. The van der Waals surface area contributed by atoms with Crippen LogP contribution in [0.25, 0.3) is 0 Å². The van der Waals surface area contributed by atoms with Crippen molar-refractivity contribution in [1.29, 1.82) is 0 Å². The monoisotopic (exact) mass is 499 g/mol. The van der Waals surface area contributed by atoms with Crippen LogP contribution in [0.15, 0.2) is 53.0 Å². The minimum absolute atomic E-state index is 0.00956. The van der Waals surface area contributed by atoms with Crippen LogP contribution < -0.4 is 16.2 Å². The van der Waals surface area contributed by atoms with Crippen molar-refractivity contribution in [3.8, 4) is 0 Å². The molecule has 0 spiro atoms. The fourth-order valence-corrected chi connectivity index (χ4v) is 4.59. The van der Waals surface area contributed by atoms with Gasteiger partial charge >= 0.3 is 0 Å². The summed E-state index contributed by atoms with van der Waals surface area (Å²) in [6.45, 7) is 5.10. The molecule has 8 heteroatoms. The number of amides is 2. The molecule has 2 fully saturated rings. The molecule has 2 saturated heterocycles. The van der Waals surface area contributed by atoms with E-state index >= 15 is 0 Å². The maximum absolute atomic E-state index is 13.0. The Morgan fingerprint density at radius 2 is 1.75 bits per heavy atom. The van der Waals surface area contributed by atoms with Crippen molar-refractivity contribution >= 4 is 33.4 Å². The van der Waals surface area contributed by atoms with Gasteiger partial charge in [0.2, 0.25) is 11.8 Å². The highest BCUT2D eigenvalue weighted by Gasteiger charge is 2.34. The lowest BCUT2D eigenvalue weighted by molar-refractivity contribution is -0.135. The van der Waals surface area contributed by atoms with Crippen LogP contribution in [0.3, 0.4) is 0 Å². The van der Waals surface area contributed by atoms with Crippen LogP contribution in [-0.4, -0.2) is 60.4 Å². The molecule has 2 aliphatic rings. The number of rotatable bonds is 6.